The SMILES string of the molecule is C=CSCCCn1c(-c2cccc(CC)c2)nc2ccc(O)cc21. The van der Waals surface area contributed by atoms with Gasteiger partial charge >= 0.3 is 0 Å². The van der Waals surface area contributed by atoms with E-state index in [0.29, 0.717) is 0 Å². The molecule has 0 fully saturated rings. The minimum atomic E-state index is 0.276. The predicted octanol–water partition coefficient (Wildman–Crippen LogP) is 5.24. The first-order valence-corrected chi connectivity index (χ1v) is 9.29. The van der Waals surface area contributed by atoms with Crippen molar-refractivity contribution in [1.29, 1.82) is 0 Å². The highest BCUT2D eigenvalue weighted by Gasteiger charge is 2.13. The fourth-order valence-corrected chi connectivity index (χ4v) is 3.34. The Morgan fingerprint density at radius 1 is 1.25 bits per heavy atom. The van der Waals surface area contributed by atoms with Gasteiger partial charge in [0.2, 0.25) is 0 Å². The molecule has 1 aromatic heterocycles. The Hall–Kier alpha value is -2.20. The summed E-state index contributed by atoms with van der Waals surface area (Å²) in [5, 5.41) is 11.7. The molecular formula is C20H22N2OS. The monoisotopic (exact) mass is 338 g/mol. The van der Waals surface area contributed by atoms with Crippen molar-refractivity contribution in [3.63, 3.8) is 0 Å². The minimum absolute atomic E-state index is 0.276. The van der Waals surface area contributed by atoms with Crippen LogP contribution in [0.3, 0.4) is 0 Å². The molecule has 0 aliphatic carbocycles. The average Bonchev–Trinajstić information content (AvgIpc) is 2.96. The summed E-state index contributed by atoms with van der Waals surface area (Å²) in [6, 6.07) is 13.9. The molecule has 24 heavy (non-hydrogen) atoms. The van der Waals surface area contributed by atoms with Crippen molar-refractivity contribution in [3.05, 3.63) is 60.0 Å². The molecule has 0 atom stereocenters. The van der Waals surface area contributed by atoms with Crippen LogP contribution in [0.2, 0.25) is 0 Å². The average molecular weight is 338 g/mol. The van der Waals surface area contributed by atoms with Crippen LogP contribution in [0.1, 0.15) is 18.9 Å². The van der Waals surface area contributed by atoms with Gasteiger partial charge in [-0.3, -0.25) is 0 Å². The molecule has 0 unspecified atom stereocenters. The molecule has 0 aliphatic heterocycles. The zero-order valence-corrected chi connectivity index (χ0v) is 14.7. The van der Waals surface area contributed by atoms with E-state index < -0.39 is 0 Å². The molecule has 0 saturated heterocycles. The molecule has 3 rings (SSSR count). The summed E-state index contributed by atoms with van der Waals surface area (Å²) >= 11 is 1.73. The zero-order valence-electron chi connectivity index (χ0n) is 13.9. The van der Waals surface area contributed by atoms with Crippen LogP contribution in [0, 0.1) is 0 Å². The number of thioether (sulfide) groups is 1. The summed E-state index contributed by atoms with van der Waals surface area (Å²) in [5.74, 6) is 2.27. The van der Waals surface area contributed by atoms with Crippen molar-refractivity contribution in [1.82, 2.24) is 9.55 Å². The van der Waals surface area contributed by atoms with Crippen LogP contribution >= 0.6 is 11.8 Å². The molecule has 0 spiro atoms. The second-order valence-corrected chi connectivity index (χ2v) is 6.78. The fourth-order valence-electron chi connectivity index (χ4n) is 2.88. The van der Waals surface area contributed by atoms with Gasteiger partial charge in [-0.1, -0.05) is 31.7 Å². The number of phenols is 1. The van der Waals surface area contributed by atoms with Gasteiger partial charge in [-0.05, 0) is 47.8 Å². The first kappa shape index (κ1) is 16.7. The summed E-state index contributed by atoms with van der Waals surface area (Å²) < 4.78 is 2.22. The molecular weight excluding hydrogens is 316 g/mol. The molecule has 3 aromatic rings. The number of rotatable bonds is 7. The second-order valence-electron chi connectivity index (χ2n) is 5.71. The Labute approximate surface area is 147 Å². The Kier molecular flexibility index (Phi) is 5.26. The van der Waals surface area contributed by atoms with Gasteiger partial charge in [0.05, 0.1) is 11.0 Å². The number of hydrogen-bond donors (Lipinski definition) is 1. The number of benzene rings is 2. The summed E-state index contributed by atoms with van der Waals surface area (Å²) in [5.41, 5.74) is 4.33. The third-order valence-corrected chi connectivity index (χ3v) is 4.85. The van der Waals surface area contributed by atoms with Gasteiger partial charge in [-0.15, -0.1) is 11.8 Å². The highest BCUT2D eigenvalue weighted by Crippen LogP contribution is 2.28. The number of aromatic hydroxyl groups is 1. The maximum absolute atomic E-state index is 9.87. The lowest BCUT2D eigenvalue weighted by atomic mass is 10.1. The van der Waals surface area contributed by atoms with Crippen molar-refractivity contribution in [2.45, 2.75) is 26.3 Å². The Morgan fingerprint density at radius 2 is 2.12 bits per heavy atom. The van der Waals surface area contributed by atoms with E-state index in [0.717, 1.165) is 47.6 Å². The standard InChI is InChI=1S/C20H22N2OS/c1-3-15-7-5-8-16(13-15)20-21-18-10-9-17(23)14-19(18)22(20)11-6-12-24-4-2/h4-5,7-10,13-14,23H,2-3,6,11-12H2,1H3. The van der Waals surface area contributed by atoms with E-state index in [-0.39, 0.29) is 5.75 Å². The number of aromatic nitrogens is 2. The lowest BCUT2D eigenvalue weighted by Crippen LogP contribution is -2.02. The van der Waals surface area contributed by atoms with Gasteiger partial charge in [0.15, 0.2) is 0 Å². The minimum Gasteiger partial charge on any atom is -0.508 e. The van der Waals surface area contributed by atoms with Gasteiger partial charge in [-0.25, -0.2) is 4.98 Å². The molecule has 0 aliphatic rings. The van der Waals surface area contributed by atoms with Crippen LogP contribution in [0.25, 0.3) is 22.4 Å². The lowest BCUT2D eigenvalue weighted by Gasteiger charge is -2.10. The van der Waals surface area contributed by atoms with Crippen LogP contribution in [0.15, 0.2) is 54.5 Å². The fraction of sp³-hybridized carbons (Fsp3) is 0.250. The maximum Gasteiger partial charge on any atom is 0.141 e. The maximum atomic E-state index is 9.87. The number of imidazole rings is 1. The predicted molar refractivity (Wildman–Crippen MR) is 103 cm³/mol. The molecule has 0 bridgehead atoms. The molecule has 124 valence electrons. The van der Waals surface area contributed by atoms with E-state index in [1.807, 2.05) is 11.5 Å². The van der Waals surface area contributed by atoms with Gasteiger partial charge in [-0.2, -0.15) is 0 Å². The molecule has 1 N–H and O–H groups in total. The lowest BCUT2D eigenvalue weighted by molar-refractivity contribution is 0.476. The molecule has 0 amide bonds. The van der Waals surface area contributed by atoms with Crippen molar-refractivity contribution < 1.29 is 5.11 Å². The molecule has 3 nitrogen and oxygen atoms in total. The molecule has 0 radical (unpaired) electrons. The summed E-state index contributed by atoms with van der Waals surface area (Å²) in [6.07, 6.45) is 2.03. The number of nitrogens with zero attached hydrogens (tertiary/aromatic N) is 2. The van der Waals surface area contributed by atoms with Crippen LogP contribution in [0.4, 0.5) is 0 Å². The number of hydrogen-bond acceptors (Lipinski definition) is 3. The first-order valence-electron chi connectivity index (χ1n) is 8.24. The zero-order chi connectivity index (χ0) is 16.9. The largest absolute Gasteiger partial charge is 0.508 e. The quantitative estimate of drug-likeness (QED) is 0.599. The van der Waals surface area contributed by atoms with Crippen molar-refractivity contribution >= 4 is 22.8 Å². The molecule has 4 heteroatoms. The Balaban J connectivity index is 2.06. The number of phenolic OH excluding ortho intramolecular Hbond substituents is 1. The van der Waals surface area contributed by atoms with E-state index in [1.54, 1.807) is 23.9 Å². The topological polar surface area (TPSA) is 38.0 Å². The summed E-state index contributed by atoms with van der Waals surface area (Å²) in [7, 11) is 0. The smallest absolute Gasteiger partial charge is 0.141 e. The third kappa shape index (κ3) is 3.49. The Morgan fingerprint density at radius 3 is 2.92 bits per heavy atom. The van der Waals surface area contributed by atoms with E-state index in [4.69, 9.17) is 4.98 Å². The number of fused-ring (bicyclic) bond motifs is 1. The van der Waals surface area contributed by atoms with Gasteiger partial charge < -0.3 is 9.67 Å². The number of aryl methyl sites for hydroxylation is 2. The van der Waals surface area contributed by atoms with Crippen LogP contribution in [-0.2, 0) is 13.0 Å². The molecule has 0 saturated carbocycles. The third-order valence-electron chi connectivity index (χ3n) is 4.09. The van der Waals surface area contributed by atoms with E-state index in [9.17, 15) is 5.11 Å². The normalized spacial score (nSPS) is 11.0. The van der Waals surface area contributed by atoms with E-state index in [2.05, 4.69) is 42.3 Å². The second kappa shape index (κ2) is 7.58. The van der Waals surface area contributed by atoms with E-state index in [1.165, 1.54) is 5.56 Å². The molecule has 2 aromatic carbocycles. The van der Waals surface area contributed by atoms with E-state index >= 15 is 0 Å². The molecule has 1 heterocycles. The highest BCUT2D eigenvalue weighted by atomic mass is 32.2. The van der Waals surface area contributed by atoms with Gasteiger partial charge in [0.25, 0.3) is 0 Å². The summed E-state index contributed by atoms with van der Waals surface area (Å²) in [6.45, 7) is 6.78. The van der Waals surface area contributed by atoms with Crippen molar-refractivity contribution in [3.8, 4) is 17.1 Å². The van der Waals surface area contributed by atoms with Crippen LogP contribution < -0.4 is 0 Å². The van der Waals surface area contributed by atoms with Gasteiger partial charge in [0, 0.05) is 18.2 Å². The highest BCUT2D eigenvalue weighted by molar-refractivity contribution is 8.02. The summed E-state index contributed by atoms with van der Waals surface area (Å²) in [4.78, 5) is 4.82. The van der Waals surface area contributed by atoms with Gasteiger partial charge in [0.1, 0.15) is 11.6 Å². The van der Waals surface area contributed by atoms with Crippen LogP contribution in [-0.4, -0.2) is 20.4 Å². The van der Waals surface area contributed by atoms with Crippen LogP contribution in [0.5, 0.6) is 5.75 Å². The Bertz CT molecular complexity index is 854. The van der Waals surface area contributed by atoms with Crippen molar-refractivity contribution in [2.75, 3.05) is 5.75 Å². The first-order chi connectivity index (χ1) is 11.7. The van der Waals surface area contributed by atoms with Crippen molar-refractivity contribution in [2.24, 2.45) is 0 Å².